The number of hydrogen-bond donors (Lipinski definition) is 4. The summed E-state index contributed by atoms with van der Waals surface area (Å²) in [5.41, 5.74) is 2.60. The highest BCUT2D eigenvalue weighted by molar-refractivity contribution is 6.27. The first-order valence-electron chi connectivity index (χ1n) is 7.91. The highest BCUT2D eigenvalue weighted by Gasteiger charge is 2.19. The summed E-state index contributed by atoms with van der Waals surface area (Å²) in [7, 11) is 0. The van der Waals surface area contributed by atoms with Gasteiger partial charge < -0.3 is 24.9 Å². The normalized spacial score (nSPS) is 11.4. The van der Waals surface area contributed by atoms with E-state index in [1.807, 2.05) is 50.5 Å². The molecule has 0 heterocycles. The Morgan fingerprint density at radius 3 is 2.04 bits per heavy atom. The van der Waals surface area contributed by atoms with E-state index >= 15 is 0 Å². The maximum Gasteiger partial charge on any atom is 0.414 e. The van der Waals surface area contributed by atoms with E-state index in [1.165, 1.54) is 6.08 Å². The van der Waals surface area contributed by atoms with E-state index in [2.05, 4.69) is 6.58 Å². The minimum absolute atomic E-state index is 0.120. The molecule has 9 nitrogen and oxygen atoms in total. The second-order valence-electron chi connectivity index (χ2n) is 6.27. The predicted octanol–water partition coefficient (Wildman–Crippen LogP) is 1.64. The van der Waals surface area contributed by atoms with Gasteiger partial charge in [-0.05, 0) is 38.5 Å². The fourth-order valence-electron chi connectivity index (χ4n) is 1.71. The van der Waals surface area contributed by atoms with Crippen molar-refractivity contribution in [1.29, 1.82) is 0 Å². The molecule has 1 aromatic carbocycles. The number of hydroxylamine groups is 1. The molecule has 27 heavy (non-hydrogen) atoms. The minimum Gasteiger partial charge on any atom is -0.488 e. The molecule has 1 aromatic rings. The van der Waals surface area contributed by atoms with Gasteiger partial charge in [0.25, 0.3) is 0 Å². The van der Waals surface area contributed by atoms with Crippen molar-refractivity contribution >= 4 is 17.9 Å². The molecule has 0 aromatic heterocycles. The highest BCUT2D eigenvalue weighted by atomic mass is 16.5. The average molecular weight is 383 g/mol. The number of esters is 1. The van der Waals surface area contributed by atoms with Gasteiger partial charge >= 0.3 is 17.9 Å². The van der Waals surface area contributed by atoms with Crippen LogP contribution in [0.3, 0.4) is 0 Å². The largest absolute Gasteiger partial charge is 0.488 e. The van der Waals surface area contributed by atoms with Crippen LogP contribution in [-0.2, 0) is 25.5 Å². The zero-order valence-corrected chi connectivity index (χ0v) is 15.5. The Labute approximate surface area is 157 Å². The molecule has 0 unspecified atom stereocenters. The molecule has 0 amide bonds. The van der Waals surface area contributed by atoms with Crippen LogP contribution in [0, 0.1) is 0 Å². The molecule has 0 aliphatic heterocycles. The van der Waals surface area contributed by atoms with Gasteiger partial charge in [0.2, 0.25) is 0 Å². The Kier molecular flexibility index (Phi) is 10.4. The van der Waals surface area contributed by atoms with Crippen molar-refractivity contribution in [3.05, 3.63) is 42.5 Å². The highest BCUT2D eigenvalue weighted by Crippen LogP contribution is 2.19. The molecule has 0 aliphatic carbocycles. The van der Waals surface area contributed by atoms with Gasteiger partial charge in [-0.25, -0.2) is 9.59 Å². The monoisotopic (exact) mass is 383 g/mol. The Bertz CT molecular complexity index is 622. The molecule has 9 heteroatoms. The molecule has 0 aliphatic rings. The van der Waals surface area contributed by atoms with E-state index in [-0.39, 0.29) is 12.2 Å². The molecule has 150 valence electrons. The second-order valence-corrected chi connectivity index (χ2v) is 6.27. The summed E-state index contributed by atoms with van der Waals surface area (Å²) >= 11 is 0. The first-order valence-corrected chi connectivity index (χ1v) is 7.91. The van der Waals surface area contributed by atoms with Crippen LogP contribution in [0.1, 0.15) is 26.3 Å². The topological polar surface area (TPSA) is 142 Å². The molecule has 0 spiro atoms. The fourth-order valence-corrected chi connectivity index (χ4v) is 1.71. The van der Waals surface area contributed by atoms with Crippen LogP contribution >= 0.6 is 0 Å². The zero-order valence-electron chi connectivity index (χ0n) is 15.5. The van der Waals surface area contributed by atoms with E-state index in [9.17, 15) is 4.79 Å². The van der Waals surface area contributed by atoms with Crippen molar-refractivity contribution in [2.45, 2.75) is 38.8 Å². The summed E-state index contributed by atoms with van der Waals surface area (Å²) in [5, 5.41) is 23.8. The molecule has 1 rings (SSSR count). The van der Waals surface area contributed by atoms with Crippen LogP contribution in [0.2, 0.25) is 0 Å². The molecular formula is C18H25NO8. The predicted molar refractivity (Wildman–Crippen MR) is 95.7 cm³/mol. The molecule has 0 bridgehead atoms. The lowest BCUT2D eigenvalue weighted by Crippen LogP contribution is -2.37. The third-order valence-corrected chi connectivity index (χ3v) is 2.75. The summed E-state index contributed by atoms with van der Waals surface area (Å²) in [5.74, 6) is -3.41. The van der Waals surface area contributed by atoms with Crippen LogP contribution in [0.4, 0.5) is 0 Å². The summed E-state index contributed by atoms with van der Waals surface area (Å²) in [6.07, 6.45) is 1.80. The van der Waals surface area contributed by atoms with E-state index < -0.39 is 23.9 Å². The number of aliphatic carboxylic acids is 2. The number of hydrogen-bond acceptors (Lipinski definition) is 7. The van der Waals surface area contributed by atoms with Gasteiger partial charge in [-0.15, -0.1) is 0 Å². The lowest BCUT2D eigenvalue weighted by Gasteiger charge is -2.21. The Morgan fingerprint density at radius 1 is 1.15 bits per heavy atom. The van der Waals surface area contributed by atoms with E-state index in [1.54, 1.807) is 0 Å². The van der Waals surface area contributed by atoms with Gasteiger partial charge in [-0.1, -0.05) is 24.8 Å². The lowest BCUT2D eigenvalue weighted by molar-refractivity contribution is -0.159. The van der Waals surface area contributed by atoms with Gasteiger partial charge in [0.1, 0.15) is 24.0 Å². The number of carboxylic acids is 2. The van der Waals surface area contributed by atoms with Gasteiger partial charge in [-0.3, -0.25) is 4.79 Å². The number of ether oxygens (including phenoxy) is 2. The Morgan fingerprint density at radius 2 is 1.67 bits per heavy atom. The number of nitrogens with one attached hydrogen (secondary N) is 1. The number of carbonyl (C=O) groups excluding carboxylic acids is 1. The van der Waals surface area contributed by atoms with Gasteiger partial charge in [0.05, 0.1) is 0 Å². The number of benzene rings is 1. The summed E-state index contributed by atoms with van der Waals surface area (Å²) < 4.78 is 10.6. The van der Waals surface area contributed by atoms with Crippen LogP contribution in [0.5, 0.6) is 5.75 Å². The first-order chi connectivity index (χ1) is 12.5. The minimum atomic E-state index is -1.82. The molecular weight excluding hydrogens is 358 g/mol. The fraction of sp³-hybridized carbons (Fsp3) is 0.389. The van der Waals surface area contributed by atoms with Crippen LogP contribution in [0.15, 0.2) is 36.9 Å². The van der Waals surface area contributed by atoms with Crippen molar-refractivity contribution in [3.8, 4) is 5.75 Å². The third-order valence-electron chi connectivity index (χ3n) is 2.75. The maximum absolute atomic E-state index is 11.7. The molecule has 0 saturated heterocycles. The average Bonchev–Trinajstić information content (AvgIpc) is 2.58. The Balaban J connectivity index is 0.000000972. The molecule has 1 atom stereocenters. The summed E-state index contributed by atoms with van der Waals surface area (Å²) in [6.45, 7) is 9.51. The quantitative estimate of drug-likeness (QED) is 0.239. The summed E-state index contributed by atoms with van der Waals surface area (Å²) in [4.78, 5) is 29.9. The van der Waals surface area contributed by atoms with Crippen molar-refractivity contribution in [2.24, 2.45) is 0 Å². The molecule has 0 radical (unpaired) electrons. The van der Waals surface area contributed by atoms with Crippen molar-refractivity contribution in [2.75, 3.05) is 6.61 Å². The van der Waals surface area contributed by atoms with Crippen LogP contribution in [0.25, 0.3) is 0 Å². The van der Waals surface area contributed by atoms with E-state index in [4.69, 9.17) is 34.5 Å². The van der Waals surface area contributed by atoms with Gasteiger partial charge in [0.15, 0.2) is 0 Å². The maximum atomic E-state index is 11.7. The zero-order chi connectivity index (χ0) is 21.0. The van der Waals surface area contributed by atoms with Crippen molar-refractivity contribution < 1.29 is 39.3 Å². The standard InChI is InChI=1S/C16H23NO4.C2H2O4/c1-5-10-20-15(18)14(17-19)11-12-6-8-13(9-7-12)21-16(2,3)4;3-1(4)2(5)6/h5-9,14,17,19H,1,10-11H2,2-4H3;(H,3,4)(H,5,6)/t14-;/m0./s1. The smallest absolute Gasteiger partial charge is 0.414 e. The van der Waals surface area contributed by atoms with Gasteiger partial charge in [-0.2, -0.15) is 5.48 Å². The number of carboxylic acid groups (broad SMARTS) is 2. The Hall–Kier alpha value is -2.91. The molecule has 0 fully saturated rings. The van der Waals surface area contributed by atoms with Gasteiger partial charge in [0, 0.05) is 6.42 Å². The summed E-state index contributed by atoms with van der Waals surface area (Å²) in [6, 6.07) is 6.58. The van der Waals surface area contributed by atoms with Crippen molar-refractivity contribution in [3.63, 3.8) is 0 Å². The second kappa shape index (κ2) is 11.7. The number of rotatable bonds is 7. The third kappa shape index (κ3) is 11.3. The van der Waals surface area contributed by atoms with E-state index in [0.717, 1.165) is 11.3 Å². The lowest BCUT2D eigenvalue weighted by atomic mass is 10.1. The molecule has 4 N–H and O–H groups in total. The molecule has 0 saturated carbocycles. The SMILES string of the molecule is C=CCOC(=O)[C@H](Cc1ccc(OC(C)(C)C)cc1)NO.O=C(O)C(=O)O. The first kappa shape index (κ1) is 24.1. The van der Waals surface area contributed by atoms with Crippen LogP contribution < -0.4 is 10.2 Å². The number of carbonyl (C=O) groups is 3. The van der Waals surface area contributed by atoms with Crippen molar-refractivity contribution in [1.82, 2.24) is 5.48 Å². The van der Waals surface area contributed by atoms with E-state index in [0.29, 0.717) is 6.42 Å². The van der Waals surface area contributed by atoms with Crippen LogP contribution in [-0.4, -0.2) is 51.6 Å².